The third-order valence-electron chi connectivity index (χ3n) is 2.57. The molecule has 2 aromatic rings. The average molecular weight is 292 g/mol. The van der Waals surface area contributed by atoms with E-state index in [-0.39, 0.29) is 12.2 Å². The highest BCUT2D eigenvalue weighted by Gasteiger charge is 2.28. The van der Waals surface area contributed by atoms with Crippen molar-refractivity contribution < 1.29 is 22.0 Å². The van der Waals surface area contributed by atoms with Gasteiger partial charge in [-0.3, -0.25) is 0 Å². The maximum atomic E-state index is 13.6. The Morgan fingerprint density at radius 1 is 1.00 bits per heavy atom. The van der Waals surface area contributed by atoms with E-state index in [0.717, 1.165) is 0 Å². The first-order valence-corrected chi connectivity index (χ1v) is 5.61. The fourth-order valence-corrected chi connectivity index (χ4v) is 1.60. The number of hydrogen-bond donors (Lipinski definition) is 1. The third-order valence-corrected chi connectivity index (χ3v) is 2.57. The Morgan fingerprint density at radius 2 is 1.55 bits per heavy atom. The normalized spacial score (nSPS) is 11.1. The Balaban J connectivity index is 2.62. The summed E-state index contributed by atoms with van der Waals surface area (Å²) >= 11 is 0. The van der Waals surface area contributed by atoms with Crippen LogP contribution in [0.1, 0.15) is 12.6 Å². The molecule has 0 fully saturated rings. The van der Waals surface area contributed by atoms with Gasteiger partial charge in [0, 0.05) is 6.54 Å². The summed E-state index contributed by atoms with van der Waals surface area (Å²) in [6, 6.07) is 0. The maximum Gasteiger partial charge on any atom is 0.200 e. The lowest BCUT2D eigenvalue weighted by Crippen LogP contribution is -2.18. The second-order valence-electron chi connectivity index (χ2n) is 3.84. The fraction of sp³-hybridized carbons (Fsp3) is 0.273. The van der Waals surface area contributed by atoms with Crippen molar-refractivity contribution in [2.45, 2.75) is 13.5 Å². The van der Waals surface area contributed by atoms with E-state index in [0.29, 0.717) is 11.2 Å². The van der Waals surface area contributed by atoms with E-state index in [1.54, 1.807) is 6.92 Å². The molecular weight excluding hydrogens is 283 g/mol. The molecule has 0 bridgehead atoms. The maximum absolute atomic E-state index is 13.6. The SMILES string of the molecule is CCNCc1cnnn1-c1c(F)c(F)c(F)c(F)c1F. The minimum atomic E-state index is -2.21. The van der Waals surface area contributed by atoms with Gasteiger partial charge in [0.05, 0.1) is 11.9 Å². The summed E-state index contributed by atoms with van der Waals surface area (Å²) in [5, 5.41) is 9.61. The number of nitrogens with one attached hydrogen (secondary N) is 1. The monoisotopic (exact) mass is 292 g/mol. The molecule has 0 atom stereocenters. The second kappa shape index (κ2) is 5.53. The van der Waals surface area contributed by atoms with Crippen LogP contribution in [0.5, 0.6) is 0 Å². The number of nitrogens with zero attached hydrogens (tertiary/aromatic N) is 3. The van der Waals surface area contributed by atoms with Crippen molar-refractivity contribution in [2.75, 3.05) is 6.54 Å². The highest BCUT2D eigenvalue weighted by Crippen LogP contribution is 2.26. The molecule has 1 aromatic heterocycles. The lowest BCUT2D eigenvalue weighted by Gasteiger charge is -2.10. The summed E-state index contributed by atoms with van der Waals surface area (Å²) in [5.41, 5.74) is -0.984. The van der Waals surface area contributed by atoms with E-state index in [1.807, 2.05) is 0 Å². The van der Waals surface area contributed by atoms with Crippen LogP contribution in [0.3, 0.4) is 0 Å². The van der Waals surface area contributed by atoms with Gasteiger partial charge in [-0.1, -0.05) is 12.1 Å². The van der Waals surface area contributed by atoms with E-state index < -0.39 is 34.8 Å². The standard InChI is InChI=1S/C11H9F5N4/c1-2-17-3-5-4-18-19-20(5)11-9(15)7(13)6(12)8(14)10(11)16/h4,17H,2-3H2,1H3. The van der Waals surface area contributed by atoms with Crippen LogP contribution in [0.4, 0.5) is 22.0 Å². The van der Waals surface area contributed by atoms with Gasteiger partial charge >= 0.3 is 0 Å². The van der Waals surface area contributed by atoms with Crippen molar-refractivity contribution in [1.29, 1.82) is 0 Å². The Bertz CT molecular complexity index is 611. The minimum Gasteiger partial charge on any atom is -0.311 e. The second-order valence-corrected chi connectivity index (χ2v) is 3.84. The van der Waals surface area contributed by atoms with E-state index in [1.165, 1.54) is 6.20 Å². The van der Waals surface area contributed by atoms with Crippen LogP contribution in [-0.4, -0.2) is 21.5 Å². The van der Waals surface area contributed by atoms with E-state index in [2.05, 4.69) is 15.6 Å². The number of halogens is 5. The molecule has 1 aromatic carbocycles. The molecule has 1 N–H and O–H groups in total. The van der Waals surface area contributed by atoms with Crippen LogP contribution in [0.25, 0.3) is 5.69 Å². The summed E-state index contributed by atoms with van der Waals surface area (Å²) in [6.07, 6.45) is 1.17. The Hall–Kier alpha value is -2.03. The molecule has 9 heteroatoms. The van der Waals surface area contributed by atoms with Crippen molar-refractivity contribution in [3.8, 4) is 5.69 Å². The average Bonchev–Trinajstić information content (AvgIpc) is 2.89. The van der Waals surface area contributed by atoms with Crippen LogP contribution in [0.15, 0.2) is 6.20 Å². The Labute approximate surface area is 110 Å². The molecule has 2 rings (SSSR count). The van der Waals surface area contributed by atoms with Crippen molar-refractivity contribution in [3.05, 3.63) is 41.0 Å². The summed E-state index contributed by atoms with van der Waals surface area (Å²) in [7, 11) is 0. The molecule has 0 unspecified atom stereocenters. The first-order chi connectivity index (χ1) is 9.49. The number of aromatic nitrogens is 3. The van der Waals surface area contributed by atoms with Gasteiger partial charge in [-0.15, -0.1) is 5.10 Å². The molecule has 0 aliphatic carbocycles. The predicted octanol–water partition coefficient (Wildman–Crippen LogP) is 2.07. The van der Waals surface area contributed by atoms with Gasteiger partial charge in [0.2, 0.25) is 5.82 Å². The lowest BCUT2D eigenvalue weighted by atomic mass is 10.2. The summed E-state index contributed by atoms with van der Waals surface area (Å²) in [4.78, 5) is 0. The van der Waals surface area contributed by atoms with Crippen LogP contribution in [0.2, 0.25) is 0 Å². The highest BCUT2D eigenvalue weighted by atomic mass is 19.2. The molecule has 0 aliphatic rings. The molecule has 0 spiro atoms. The molecule has 0 aliphatic heterocycles. The first kappa shape index (κ1) is 14.4. The number of benzene rings is 1. The van der Waals surface area contributed by atoms with Crippen LogP contribution < -0.4 is 5.32 Å². The molecule has 0 saturated heterocycles. The van der Waals surface area contributed by atoms with Crippen molar-refractivity contribution >= 4 is 0 Å². The molecule has 4 nitrogen and oxygen atoms in total. The zero-order valence-corrected chi connectivity index (χ0v) is 10.2. The summed E-state index contributed by atoms with van der Waals surface area (Å²) in [5.74, 6) is -10.2. The predicted molar refractivity (Wildman–Crippen MR) is 58.5 cm³/mol. The summed E-state index contributed by atoms with van der Waals surface area (Å²) < 4.78 is 67.1. The van der Waals surface area contributed by atoms with Gasteiger partial charge < -0.3 is 5.32 Å². The van der Waals surface area contributed by atoms with E-state index >= 15 is 0 Å². The van der Waals surface area contributed by atoms with Crippen LogP contribution >= 0.6 is 0 Å². The van der Waals surface area contributed by atoms with E-state index in [9.17, 15) is 22.0 Å². The molecule has 1 heterocycles. The van der Waals surface area contributed by atoms with Gasteiger partial charge in [0.1, 0.15) is 5.69 Å². The lowest BCUT2D eigenvalue weighted by molar-refractivity contribution is 0.372. The van der Waals surface area contributed by atoms with Crippen LogP contribution in [-0.2, 0) is 6.54 Å². The quantitative estimate of drug-likeness (QED) is 0.533. The third kappa shape index (κ3) is 2.24. The van der Waals surface area contributed by atoms with Crippen LogP contribution in [0, 0.1) is 29.1 Å². The highest BCUT2D eigenvalue weighted by molar-refractivity contribution is 5.37. The Kier molecular flexibility index (Phi) is 3.98. The molecule has 0 amide bonds. The first-order valence-electron chi connectivity index (χ1n) is 5.61. The molecule has 108 valence electrons. The van der Waals surface area contributed by atoms with Crippen molar-refractivity contribution in [3.63, 3.8) is 0 Å². The van der Waals surface area contributed by atoms with Gasteiger partial charge in [-0.25, -0.2) is 26.6 Å². The zero-order chi connectivity index (χ0) is 14.9. The summed E-state index contributed by atoms with van der Waals surface area (Å²) in [6.45, 7) is 2.44. The molecule has 20 heavy (non-hydrogen) atoms. The fourth-order valence-electron chi connectivity index (χ4n) is 1.60. The topological polar surface area (TPSA) is 42.7 Å². The molecular formula is C11H9F5N4. The van der Waals surface area contributed by atoms with Crippen molar-refractivity contribution in [1.82, 2.24) is 20.3 Å². The minimum absolute atomic E-state index is 0.114. The number of rotatable bonds is 4. The van der Waals surface area contributed by atoms with Gasteiger partial charge in [-0.05, 0) is 6.54 Å². The van der Waals surface area contributed by atoms with Gasteiger partial charge in [-0.2, -0.15) is 0 Å². The van der Waals surface area contributed by atoms with Crippen molar-refractivity contribution in [2.24, 2.45) is 0 Å². The largest absolute Gasteiger partial charge is 0.311 e. The van der Waals surface area contributed by atoms with Gasteiger partial charge in [0.25, 0.3) is 0 Å². The smallest absolute Gasteiger partial charge is 0.200 e. The Morgan fingerprint density at radius 3 is 2.10 bits per heavy atom. The molecule has 0 radical (unpaired) electrons. The zero-order valence-electron chi connectivity index (χ0n) is 10.2. The molecule has 0 saturated carbocycles. The van der Waals surface area contributed by atoms with E-state index in [4.69, 9.17) is 0 Å². The van der Waals surface area contributed by atoms with Gasteiger partial charge in [0.15, 0.2) is 23.3 Å². The number of hydrogen-bond acceptors (Lipinski definition) is 3.